The summed E-state index contributed by atoms with van der Waals surface area (Å²) in [6.45, 7) is 4.26. The number of carbonyl (C=O) groups excluding carboxylic acids is 1. The van der Waals surface area contributed by atoms with Gasteiger partial charge < -0.3 is 10.1 Å². The third kappa shape index (κ3) is 7.15. The fraction of sp³-hybridized carbons (Fsp3) is 0.296. The summed E-state index contributed by atoms with van der Waals surface area (Å²) in [5.41, 5.74) is 2.47. The molecule has 36 heavy (non-hydrogen) atoms. The summed E-state index contributed by atoms with van der Waals surface area (Å²) in [5.74, 6) is 0.923. The lowest BCUT2D eigenvalue weighted by molar-refractivity contribution is 0.0932. The van der Waals surface area contributed by atoms with Crippen LogP contribution in [0.1, 0.15) is 47.8 Å². The SMILES string of the molecule is COc1ccc(C(CC(C)C)NC(=O)c2ccc(CN(c3cccc(Cl)c3Cl)S(C)(=O)=O)cc2)cc1. The van der Waals surface area contributed by atoms with Gasteiger partial charge in [-0.1, -0.05) is 67.4 Å². The van der Waals surface area contributed by atoms with E-state index in [9.17, 15) is 13.2 Å². The van der Waals surface area contributed by atoms with Gasteiger partial charge in [0.15, 0.2) is 0 Å². The predicted molar refractivity (Wildman–Crippen MR) is 147 cm³/mol. The molecule has 1 N–H and O–H groups in total. The Morgan fingerprint density at radius 1 is 1.00 bits per heavy atom. The normalized spacial score (nSPS) is 12.3. The Labute approximate surface area is 223 Å². The Balaban J connectivity index is 1.79. The van der Waals surface area contributed by atoms with Crippen LogP contribution in [-0.2, 0) is 16.6 Å². The van der Waals surface area contributed by atoms with Gasteiger partial charge in [0, 0.05) is 5.56 Å². The van der Waals surface area contributed by atoms with E-state index < -0.39 is 10.0 Å². The summed E-state index contributed by atoms with van der Waals surface area (Å²) in [4.78, 5) is 13.1. The number of rotatable bonds is 10. The van der Waals surface area contributed by atoms with Crippen molar-refractivity contribution in [3.63, 3.8) is 0 Å². The minimum Gasteiger partial charge on any atom is -0.497 e. The van der Waals surface area contributed by atoms with Gasteiger partial charge in [0.25, 0.3) is 5.91 Å². The number of amides is 1. The lowest BCUT2D eigenvalue weighted by Crippen LogP contribution is -2.30. The largest absolute Gasteiger partial charge is 0.497 e. The summed E-state index contributed by atoms with van der Waals surface area (Å²) in [7, 11) is -2.03. The van der Waals surface area contributed by atoms with Crippen LogP contribution >= 0.6 is 23.2 Å². The molecule has 3 rings (SSSR count). The van der Waals surface area contributed by atoms with Crippen LogP contribution in [0, 0.1) is 5.92 Å². The molecule has 1 amide bonds. The number of benzene rings is 3. The van der Waals surface area contributed by atoms with Crippen molar-refractivity contribution in [3.8, 4) is 5.75 Å². The summed E-state index contributed by atoms with van der Waals surface area (Å²) < 4.78 is 31.5. The van der Waals surface area contributed by atoms with Gasteiger partial charge in [-0.05, 0) is 59.9 Å². The zero-order valence-electron chi connectivity index (χ0n) is 20.7. The number of anilines is 1. The number of nitrogens with one attached hydrogen (secondary N) is 1. The van der Waals surface area contributed by atoms with Crippen LogP contribution < -0.4 is 14.4 Å². The smallest absolute Gasteiger partial charge is 0.251 e. The third-order valence-corrected chi connectivity index (χ3v) is 7.61. The summed E-state index contributed by atoms with van der Waals surface area (Å²) >= 11 is 12.4. The van der Waals surface area contributed by atoms with Gasteiger partial charge in [0.2, 0.25) is 10.0 Å². The molecular weight excluding hydrogens is 519 g/mol. The van der Waals surface area contributed by atoms with Gasteiger partial charge in [-0.3, -0.25) is 9.10 Å². The van der Waals surface area contributed by atoms with Gasteiger partial charge in [-0.15, -0.1) is 0 Å². The first-order valence-corrected chi connectivity index (χ1v) is 14.1. The summed E-state index contributed by atoms with van der Waals surface area (Å²) in [6.07, 6.45) is 1.89. The maximum atomic E-state index is 13.1. The van der Waals surface area contributed by atoms with Crippen molar-refractivity contribution < 1.29 is 17.9 Å². The topological polar surface area (TPSA) is 75.7 Å². The van der Waals surface area contributed by atoms with E-state index in [0.717, 1.165) is 24.0 Å². The van der Waals surface area contributed by atoms with Gasteiger partial charge in [-0.2, -0.15) is 0 Å². The van der Waals surface area contributed by atoms with E-state index >= 15 is 0 Å². The first kappa shape index (κ1) is 27.8. The lowest BCUT2D eigenvalue weighted by Gasteiger charge is -2.24. The molecule has 0 aliphatic heterocycles. The highest BCUT2D eigenvalue weighted by Gasteiger charge is 2.22. The van der Waals surface area contributed by atoms with Crippen molar-refractivity contribution in [2.75, 3.05) is 17.7 Å². The van der Waals surface area contributed by atoms with Gasteiger partial charge in [-0.25, -0.2) is 8.42 Å². The first-order chi connectivity index (χ1) is 17.0. The van der Waals surface area contributed by atoms with Gasteiger partial charge in [0.1, 0.15) is 5.75 Å². The van der Waals surface area contributed by atoms with Crippen molar-refractivity contribution in [3.05, 3.63) is 93.5 Å². The standard InChI is InChI=1S/C27H30Cl2N2O4S/c1-18(2)16-24(20-12-14-22(35-3)15-13-20)30-27(32)21-10-8-19(9-11-21)17-31(36(4,33)34)25-7-5-6-23(28)26(25)29/h5-15,18,24H,16-17H2,1-4H3,(H,30,32). The number of halogens is 2. The maximum Gasteiger partial charge on any atom is 0.251 e. The highest BCUT2D eigenvalue weighted by Crippen LogP contribution is 2.34. The minimum atomic E-state index is -3.64. The first-order valence-electron chi connectivity index (χ1n) is 11.4. The van der Waals surface area contributed by atoms with Crippen LogP contribution in [0.3, 0.4) is 0 Å². The van der Waals surface area contributed by atoms with E-state index in [1.165, 1.54) is 4.31 Å². The zero-order chi connectivity index (χ0) is 26.5. The fourth-order valence-electron chi connectivity index (χ4n) is 3.82. The number of nitrogens with zero attached hydrogens (tertiary/aromatic N) is 1. The Hall–Kier alpha value is -2.74. The van der Waals surface area contributed by atoms with Crippen LogP contribution in [0.25, 0.3) is 0 Å². The molecule has 0 aliphatic rings. The van der Waals surface area contributed by atoms with E-state index in [4.69, 9.17) is 27.9 Å². The number of sulfonamides is 1. The molecule has 0 aliphatic carbocycles. The molecule has 0 fully saturated rings. The maximum absolute atomic E-state index is 13.1. The van der Waals surface area contributed by atoms with Crippen LogP contribution in [0.15, 0.2) is 66.7 Å². The molecular formula is C27H30Cl2N2O4S. The van der Waals surface area contributed by atoms with E-state index in [2.05, 4.69) is 19.2 Å². The molecule has 0 heterocycles. The van der Waals surface area contributed by atoms with E-state index in [1.54, 1.807) is 49.6 Å². The van der Waals surface area contributed by atoms with Crippen molar-refractivity contribution in [1.29, 1.82) is 0 Å². The molecule has 3 aromatic rings. The van der Waals surface area contributed by atoms with Crippen LogP contribution in [-0.4, -0.2) is 27.7 Å². The third-order valence-electron chi connectivity index (χ3n) is 5.67. The van der Waals surface area contributed by atoms with Crippen molar-refractivity contribution in [2.45, 2.75) is 32.9 Å². The second-order valence-electron chi connectivity index (χ2n) is 8.97. The number of hydrogen-bond acceptors (Lipinski definition) is 4. The summed E-state index contributed by atoms with van der Waals surface area (Å²) in [6, 6.07) is 19.2. The molecule has 0 saturated heterocycles. The minimum absolute atomic E-state index is 0.0443. The molecule has 0 saturated carbocycles. The number of ether oxygens (including phenoxy) is 1. The van der Waals surface area contributed by atoms with Crippen LogP contribution in [0.4, 0.5) is 5.69 Å². The van der Waals surface area contributed by atoms with E-state index in [-0.39, 0.29) is 28.5 Å². The van der Waals surface area contributed by atoms with Crippen molar-refractivity contribution in [2.24, 2.45) is 5.92 Å². The Morgan fingerprint density at radius 3 is 2.19 bits per heavy atom. The average Bonchev–Trinajstić information content (AvgIpc) is 2.83. The van der Waals surface area contributed by atoms with Crippen molar-refractivity contribution in [1.82, 2.24) is 5.32 Å². The highest BCUT2D eigenvalue weighted by molar-refractivity contribution is 7.92. The molecule has 1 unspecified atom stereocenters. The van der Waals surface area contributed by atoms with E-state index in [1.807, 2.05) is 24.3 Å². The number of methoxy groups -OCH3 is 1. The van der Waals surface area contributed by atoms with E-state index in [0.29, 0.717) is 22.7 Å². The monoisotopic (exact) mass is 548 g/mol. The quantitative estimate of drug-likeness (QED) is 0.314. The average molecular weight is 550 g/mol. The molecule has 1 atom stereocenters. The summed E-state index contributed by atoms with van der Waals surface area (Å²) in [5, 5.41) is 3.55. The number of carbonyl (C=O) groups is 1. The molecule has 3 aromatic carbocycles. The zero-order valence-corrected chi connectivity index (χ0v) is 23.0. The molecule has 0 bridgehead atoms. The molecule has 0 spiro atoms. The molecule has 0 radical (unpaired) electrons. The Morgan fingerprint density at radius 2 is 1.64 bits per heavy atom. The molecule has 0 aromatic heterocycles. The Kier molecular flexibility index (Phi) is 9.28. The van der Waals surface area contributed by atoms with Crippen LogP contribution in [0.2, 0.25) is 10.0 Å². The predicted octanol–water partition coefficient (Wildman–Crippen LogP) is 6.49. The molecule has 9 heteroatoms. The second kappa shape index (κ2) is 12.0. The Bertz CT molecular complexity index is 1290. The van der Waals surface area contributed by atoms with Crippen molar-refractivity contribution >= 4 is 44.8 Å². The van der Waals surface area contributed by atoms with Gasteiger partial charge >= 0.3 is 0 Å². The highest BCUT2D eigenvalue weighted by atomic mass is 35.5. The molecule has 192 valence electrons. The van der Waals surface area contributed by atoms with Gasteiger partial charge in [0.05, 0.1) is 41.7 Å². The second-order valence-corrected chi connectivity index (χ2v) is 11.7. The van der Waals surface area contributed by atoms with Crippen LogP contribution in [0.5, 0.6) is 5.75 Å². The lowest BCUT2D eigenvalue weighted by atomic mass is 9.96. The number of hydrogen-bond donors (Lipinski definition) is 1. The fourth-order valence-corrected chi connectivity index (χ4v) is 5.16. The molecule has 6 nitrogen and oxygen atoms in total.